The summed E-state index contributed by atoms with van der Waals surface area (Å²) in [4.78, 5) is 28.7. The monoisotopic (exact) mass is 342 g/mol. The van der Waals surface area contributed by atoms with E-state index in [-0.39, 0.29) is 24.4 Å². The molecule has 1 fully saturated rings. The number of amides is 2. The molecule has 1 aromatic carbocycles. The predicted molar refractivity (Wildman–Crippen MR) is 95.9 cm³/mol. The zero-order chi connectivity index (χ0) is 18.4. The van der Waals surface area contributed by atoms with Crippen LogP contribution in [0.15, 0.2) is 24.3 Å². The maximum Gasteiger partial charge on any atom is 0.251 e. The second-order valence-electron chi connectivity index (χ2n) is 6.60. The van der Waals surface area contributed by atoms with E-state index in [2.05, 4.69) is 24.1 Å². The van der Waals surface area contributed by atoms with Crippen molar-refractivity contribution in [1.29, 1.82) is 5.26 Å². The lowest BCUT2D eigenvalue weighted by Gasteiger charge is -2.41. The van der Waals surface area contributed by atoms with E-state index < -0.39 is 0 Å². The maximum absolute atomic E-state index is 12.4. The van der Waals surface area contributed by atoms with E-state index in [4.69, 9.17) is 5.26 Å². The van der Waals surface area contributed by atoms with Crippen LogP contribution in [-0.4, -0.2) is 60.9 Å². The fraction of sp³-hybridized carbons (Fsp3) is 0.526. The van der Waals surface area contributed by atoms with Gasteiger partial charge in [0.1, 0.15) is 0 Å². The molecular weight excluding hydrogens is 316 g/mol. The Morgan fingerprint density at radius 1 is 1.36 bits per heavy atom. The number of nitrogens with zero attached hydrogens (tertiary/aromatic N) is 3. The minimum atomic E-state index is -0.305. The highest BCUT2D eigenvalue weighted by Gasteiger charge is 2.30. The number of nitriles is 1. The third-order valence-corrected chi connectivity index (χ3v) is 4.96. The minimum absolute atomic E-state index is 0.0178. The van der Waals surface area contributed by atoms with Crippen LogP contribution >= 0.6 is 0 Å². The molecule has 6 nitrogen and oxygen atoms in total. The summed E-state index contributed by atoms with van der Waals surface area (Å²) in [6.07, 6.45) is 0.959. The average Bonchev–Trinajstić information content (AvgIpc) is 2.65. The second kappa shape index (κ2) is 8.63. The topological polar surface area (TPSA) is 76.4 Å². The van der Waals surface area contributed by atoms with Crippen molar-refractivity contribution in [2.75, 3.05) is 33.2 Å². The quantitative estimate of drug-likeness (QED) is 0.879. The van der Waals surface area contributed by atoms with Gasteiger partial charge in [-0.1, -0.05) is 13.8 Å². The van der Waals surface area contributed by atoms with Gasteiger partial charge in [0.25, 0.3) is 5.91 Å². The Labute approximate surface area is 149 Å². The minimum Gasteiger partial charge on any atom is -0.343 e. The number of piperidine rings is 1. The molecule has 0 bridgehead atoms. The summed E-state index contributed by atoms with van der Waals surface area (Å²) in [5, 5.41) is 11.4. The standard InChI is InChI=1S/C19H26N4O2/c1-4-23-10-9-17(14(2)13-23)22(3)18(24)12-21-19(25)16-7-5-15(11-20)6-8-16/h5-8,14,17H,4,9-10,12-13H2,1-3H3,(H,21,25)/t14-,17+/m1/s1. The van der Waals surface area contributed by atoms with Gasteiger partial charge in [-0.05, 0) is 43.1 Å². The van der Waals surface area contributed by atoms with Gasteiger partial charge in [-0.25, -0.2) is 0 Å². The SMILES string of the molecule is CCN1CC[C@H](N(C)C(=O)CNC(=O)c2ccc(C#N)cc2)[C@H](C)C1. The summed E-state index contributed by atoms with van der Waals surface area (Å²) in [6.45, 7) is 7.34. The molecule has 1 aliphatic rings. The molecule has 134 valence electrons. The molecule has 0 radical (unpaired) electrons. The van der Waals surface area contributed by atoms with E-state index in [1.807, 2.05) is 13.1 Å². The zero-order valence-corrected chi connectivity index (χ0v) is 15.2. The first-order valence-corrected chi connectivity index (χ1v) is 8.72. The lowest BCUT2D eigenvalue weighted by atomic mass is 9.92. The Kier molecular flexibility index (Phi) is 6.54. The van der Waals surface area contributed by atoms with Crippen LogP contribution in [-0.2, 0) is 4.79 Å². The van der Waals surface area contributed by atoms with Gasteiger partial charge in [0.15, 0.2) is 0 Å². The van der Waals surface area contributed by atoms with Crippen molar-refractivity contribution in [1.82, 2.24) is 15.1 Å². The fourth-order valence-corrected chi connectivity index (χ4v) is 3.35. The van der Waals surface area contributed by atoms with Gasteiger partial charge in [0, 0.05) is 31.7 Å². The molecule has 2 atom stereocenters. The van der Waals surface area contributed by atoms with Gasteiger partial charge in [-0.15, -0.1) is 0 Å². The molecule has 1 N–H and O–H groups in total. The van der Waals surface area contributed by atoms with E-state index >= 15 is 0 Å². The smallest absolute Gasteiger partial charge is 0.251 e. The Balaban J connectivity index is 1.86. The van der Waals surface area contributed by atoms with Crippen LogP contribution in [0.4, 0.5) is 0 Å². The van der Waals surface area contributed by atoms with Gasteiger partial charge in [0.2, 0.25) is 5.91 Å². The van der Waals surface area contributed by atoms with E-state index in [1.54, 1.807) is 29.2 Å². The normalized spacial score (nSPS) is 20.6. The first kappa shape index (κ1) is 18.9. The van der Waals surface area contributed by atoms with Crippen LogP contribution < -0.4 is 5.32 Å². The van der Waals surface area contributed by atoms with Crippen molar-refractivity contribution in [3.8, 4) is 6.07 Å². The first-order valence-electron chi connectivity index (χ1n) is 8.72. The summed E-state index contributed by atoms with van der Waals surface area (Å²) in [5.41, 5.74) is 0.943. The average molecular weight is 342 g/mol. The van der Waals surface area contributed by atoms with E-state index in [9.17, 15) is 9.59 Å². The van der Waals surface area contributed by atoms with Gasteiger partial charge in [0.05, 0.1) is 18.2 Å². The number of likely N-dealkylation sites (N-methyl/N-ethyl adjacent to an activating group) is 1. The number of rotatable bonds is 5. The molecule has 6 heteroatoms. The van der Waals surface area contributed by atoms with Crippen molar-refractivity contribution in [3.05, 3.63) is 35.4 Å². The van der Waals surface area contributed by atoms with E-state index in [1.165, 1.54) is 0 Å². The van der Waals surface area contributed by atoms with Crippen LogP contribution in [0.3, 0.4) is 0 Å². The molecule has 25 heavy (non-hydrogen) atoms. The molecule has 0 aliphatic carbocycles. The summed E-state index contributed by atoms with van der Waals surface area (Å²) in [6, 6.07) is 8.57. The largest absolute Gasteiger partial charge is 0.343 e. The number of hydrogen-bond acceptors (Lipinski definition) is 4. The molecule has 1 saturated heterocycles. The van der Waals surface area contributed by atoms with Crippen molar-refractivity contribution >= 4 is 11.8 Å². The Bertz CT molecular complexity index is 650. The van der Waals surface area contributed by atoms with Crippen LogP contribution in [0.5, 0.6) is 0 Å². The highest BCUT2D eigenvalue weighted by atomic mass is 16.2. The van der Waals surface area contributed by atoms with Gasteiger partial charge in [-0.3, -0.25) is 9.59 Å². The molecule has 2 amide bonds. The van der Waals surface area contributed by atoms with Gasteiger partial charge < -0.3 is 15.1 Å². The molecule has 0 aromatic heterocycles. The van der Waals surface area contributed by atoms with Crippen LogP contribution in [0.2, 0.25) is 0 Å². The number of likely N-dealkylation sites (tertiary alicyclic amines) is 1. The van der Waals surface area contributed by atoms with E-state index in [0.717, 1.165) is 26.1 Å². The number of carbonyl (C=O) groups is 2. The predicted octanol–water partition coefficient (Wildman–Crippen LogP) is 1.48. The molecule has 1 aliphatic heterocycles. The van der Waals surface area contributed by atoms with E-state index in [0.29, 0.717) is 17.0 Å². The molecule has 2 rings (SSSR count). The van der Waals surface area contributed by atoms with Crippen LogP contribution in [0, 0.1) is 17.2 Å². The summed E-state index contributed by atoms with van der Waals surface area (Å²) in [5.74, 6) is 0.0285. The molecule has 1 heterocycles. The van der Waals surface area contributed by atoms with Gasteiger partial charge >= 0.3 is 0 Å². The van der Waals surface area contributed by atoms with Crippen molar-refractivity contribution in [3.63, 3.8) is 0 Å². The third-order valence-electron chi connectivity index (χ3n) is 4.96. The fourth-order valence-electron chi connectivity index (χ4n) is 3.35. The number of nitrogens with one attached hydrogen (secondary N) is 1. The molecule has 0 saturated carbocycles. The van der Waals surface area contributed by atoms with Gasteiger partial charge in [-0.2, -0.15) is 5.26 Å². The number of benzene rings is 1. The van der Waals surface area contributed by atoms with Crippen molar-refractivity contribution in [2.24, 2.45) is 5.92 Å². The third kappa shape index (κ3) is 4.80. The summed E-state index contributed by atoms with van der Waals surface area (Å²) >= 11 is 0. The van der Waals surface area contributed by atoms with Crippen LogP contribution in [0.1, 0.15) is 36.2 Å². The highest BCUT2D eigenvalue weighted by molar-refractivity contribution is 5.96. The molecule has 0 unspecified atom stereocenters. The Hall–Kier alpha value is -2.39. The molecular formula is C19H26N4O2. The van der Waals surface area contributed by atoms with Crippen LogP contribution in [0.25, 0.3) is 0 Å². The maximum atomic E-state index is 12.4. The number of carbonyl (C=O) groups excluding carboxylic acids is 2. The Morgan fingerprint density at radius 2 is 2.04 bits per heavy atom. The highest BCUT2D eigenvalue weighted by Crippen LogP contribution is 2.21. The Morgan fingerprint density at radius 3 is 2.60 bits per heavy atom. The second-order valence-corrected chi connectivity index (χ2v) is 6.60. The zero-order valence-electron chi connectivity index (χ0n) is 15.2. The first-order chi connectivity index (χ1) is 12.0. The molecule has 1 aromatic rings. The number of hydrogen-bond donors (Lipinski definition) is 1. The lowest BCUT2D eigenvalue weighted by Crippen LogP contribution is -2.52. The lowest BCUT2D eigenvalue weighted by molar-refractivity contribution is -0.132. The summed E-state index contributed by atoms with van der Waals surface area (Å²) < 4.78 is 0. The summed E-state index contributed by atoms with van der Waals surface area (Å²) in [7, 11) is 1.82. The molecule has 0 spiro atoms. The van der Waals surface area contributed by atoms with Crippen molar-refractivity contribution < 1.29 is 9.59 Å². The van der Waals surface area contributed by atoms with Crippen molar-refractivity contribution in [2.45, 2.75) is 26.3 Å².